The second-order valence-electron chi connectivity index (χ2n) is 8.24. The van der Waals surface area contributed by atoms with Crippen molar-refractivity contribution in [3.63, 3.8) is 0 Å². The number of halogens is 1. The monoisotopic (exact) mass is 459 g/mol. The number of nitrogens with one attached hydrogen (secondary N) is 2. The molecule has 1 aliphatic rings. The second-order valence-corrected chi connectivity index (χ2v) is 8.67. The molecule has 0 spiro atoms. The fraction of sp³-hybridized carbons (Fsp3) is 0.231. The quantitative estimate of drug-likeness (QED) is 0.412. The van der Waals surface area contributed by atoms with Gasteiger partial charge in [0.25, 0.3) is 0 Å². The first-order valence-corrected chi connectivity index (χ1v) is 11.5. The van der Waals surface area contributed by atoms with Gasteiger partial charge in [-0.1, -0.05) is 54.1 Å². The normalized spacial score (nSPS) is 15.9. The lowest BCUT2D eigenvalue weighted by Crippen LogP contribution is -2.43. The number of aryl methyl sites for hydroxylation is 1. The predicted molar refractivity (Wildman–Crippen MR) is 132 cm³/mol. The summed E-state index contributed by atoms with van der Waals surface area (Å²) in [6.45, 7) is 1.50. The number of anilines is 1. The van der Waals surface area contributed by atoms with Gasteiger partial charge in [0.05, 0.1) is 24.5 Å². The molecule has 2 aromatic carbocycles. The molecular weight excluding hydrogens is 434 g/mol. The highest BCUT2D eigenvalue weighted by molar-refractivity contribution is 6.30. The third-order valence-electron chi connectivity index (χ3n) is 5.87. The van der Waals surface area contributed by atoms with Crippen molar-refractivity contribution in [2.24, 2.45) is 7.05 Å². The molecule has 1 aliphatic heterocycles. The van der Waals surface area contributed by atoms with Crippen molar-refractivity contribution in [3.05, 3.63) is 95.4 Å². The van der Waals surface area contributed by atoms with Crippen LogP contribution in [0, 0.1) is 0 Å². The van der Waals surface area contributed by atoms with Crippen LogP contribution in [0.1, 0.15) is 17.2 Å². The highest BCUT2D eigenvalue weighted by atomic mass is 35.5. The molecule has 2 atom stereocenters. The molecule has 2 N–H and O–H groups in total. The van der Waals surface area contributed by atoms with E-state index in [-0.39, 0.29) is 12.1 Å². The van der Waals surface area contributed by atoms with E-state index in [1.807, 2.05) is 43.8 Å². The molecule has 0 amide bonds. The van der Waals surface area contributed by atoms with Gasteiger partial charge in [0.2, 0.25) is 5.88 Å². The van der Waals surface area contributed by atoms with Gasteiger partial charge in [0, 0.05) is 35.6 Å². The maximum Gasteiger partial charge on any atom is 0.237 e. The SMILES string of the molecule is Cn1cc(-c2cnc3c(c2)NC[C@@H]([C@H](NCCc2ccc(Cl)cc2)c2ccccc2)O3)cn1. The predicted octanol–water partition coefficient (Wildman–Crippen LogP) is 4.88. The topological polar surface area (TPSA) is 64.0 Å². The molecule has 33 heavy (non-hydrogen) atoms. The van der Waals surface area contributed by atoms with E-state index >= 15 is 0 Å². The van der Waals surface area contributed by atoms with Crippen LogP contribution >= 0.6 is 11.6 Å². The number of hydrogen-bond acceptors (Lipinski definition) is 5. The first kappa shape index (κ1) is 21.5. The highest BCUT2D eigenvalue weighted by Crippen LogP contribution is 2.34. The van der Waals surface area contributed by atoms with Crippen LogP contribution in [-0.4, -0.2) is 34.0 Å². The molecule has 4 aromatic rings. The standard InChI is InChI=1S/C26H26ClN5O/c1-32-17-21(15-31-32)20-13-23-26(30-14-20)33-24(16-29-23)25(19-5-3-2-4-6-19)28-12-11-18-7-9-22(27)10-8-18/h2-10,13-15,17,24-25,28-29H,11-12,16H2,1H3/t24-,25+/m0/s1. The third kappa shape index (κ3) is 5.02. The summed E-state index contributed by atoms with van der Waals surface area (Å²) in [6.07, 6.45) is 6.47. The third-order valence-corrected chi connectivity index (χ3v) is 6.12. The van der Waals surface area contributed by atoms with Crippen LogP contribution in [0.15, 0.2) is 79.3 Å². The largest absolute Gasteiger partial charge is 0.469 e. The number of benzene rings is 2. The summed E-state index contributed by atoms with van der Waals surface area (Å²) >= 11 is 6.02. The molecule has 168 valence electrons. The van der Waals surface area contributed by atoms with Gasteiger partial charge in [-0.05, 0) is 42.3 Å². The van der Waals surface area contributed by atoms with Gasteiger partial charge >= 0.3 is 0 Å². The van der Waals surface area contributed by atoms with E-state index in [0.717, 1.165) is 34.8 Å². The highest BCUT2D eigenvalue weighted by Gasteiger charge is 2.29. The molecule has 0 bridgehead atoms. The zero-order valence-corrected chi connectivity index (χ0v) is 19.2. The Morgan fingerprint density at radius 3 is 2.70 bits per heavy atom. The smallest absolute Gasteiger partial charge is 0.237 e. The Labute approximate surface area is 198 Å². The van der Waals surface area contributed by atoms with Gasteiger partial charge in [-0.2, -0.15) is 5.10 Å². The molecule has 0 radical (unpaired) electrons. The summed E-state index contributed by atoms with van der Waals surface area (Å²) < 4.78 is 8.18. The Hall–Kier alpha value is -3.35. The summed E-state index contributed by atoms with van der Waals surface area (Å²) in [5, 5.41) is 12.2. The van der Waals surface area contributed by atoms with Gasteiger partial charge in [-0.15, -0.1) is 0 Å². The average molecular weight is 460 g/mol. The van der Waals surface area contributed by atoms with Crippen molar-refractivity contribution >= 4 is 17.3 Å². The molecule has 6 nitrogen and oxygen atoms in total. The summed E-state index contributed by atoms with van der Waals surface area (Å²) in [5.74, 6) is 0.624. The van der Waals surface area contributed by atoms with Crippen molar-refractivity contribution in [3.8, 4) is 17.0 Å². The Morgan fingerprint density at radius 2 is 1.94 bits per heavy atom. The van der Waals surface area contributed by atoms with Crippen LogP contribution in [0.2, 0.25) is 5.02 Å². The van der Waals surface area contributed by atoms with E-state index in [9.17, 15) is 0 Å². The van der Waals surface area contributed by atoms with Gasteiger partial charge in [0.1, 0.15) is 6.10 Å². The van der Waals surface area contributed by atoms with Crippen molar-refractivity contribution in [1.29, 1.82) is 0 Å². The number of nitrogens with zero attached hydrogens (tertiary/aromatic N) is 3. The Balaban J connectivity index is 1.31. The fourth-order valence-electron chi connectivity index (χ4n) is 4.13. The van der Waals surface area contributed by atoms with E-state index in [1.165, 1.54) is 11.1 Å². The molecule has 0 saturated heterocycles. The van der Waals surface area contributed by atoms with Crippen molar-refractivity contribution in [2.75, 3.05) is 18.4 Å². The van der Waals surface area contributed by atoms with E-state index in [0.29, 0.717) is 12.4 Å². The number of rotatable bonds is 7. The minimum Gasteiger partial charge on any atom is -0.469 e. The Bertz CT molecular complexity index is 1210. The molecule has 0 fully saturated rings. The van der Waals surface area contributed by atoms with Crippen LogP contribution in [0.25, 0.3) is 11.1 Å². The molecule has 0 saturated carbocycles. The lowest BCUT2D eigenvalue weighted by Gasteiger charge is -2.33. The minimum atomic E-state index is -0.0955. The van der Waals surface area contributed by atoms with Crippen LogP contribution in [-0.2, 0) is 13.5 Å². The molecule has 2 aromatic heterocycles. The zero-order chi connectivity index (χ0) is 22.6. The lowest BCUT2D eigenvalue weighted by atomic mass is 9.99. The van der Waals surface area contributed by atoms with Crippen molar-refractivity contribution in [1.82, 2.24) is 20.1 Å². The molecule has 5 rings (SSSR count). The number of ether oxygens (including phenoxy) is 1. The zero-order valence-electron chi connectivity index (χ0n) is 18.4. The summed E-state index contributed by atoms with van der Waals surface area (Å²) in [5.41, 5.74) is 5.38. The van der Waals surface area contributed by atoms with Crippen molar-refractivity contribution < 1.29 is 4.74 Å². The van der Waals surface area contributed by atoms with Crippen LogP contribution in [0.4, 0.5) is 5.69 Å². The van der Waals surface area contributed by atoms with Crippen LogP contribution in [0.3, 0.4) is 0 Å². The van der Waals surface area contributed by atoms with Gasteiger partial charge < -0.3 is 15.4 Å². The van der Waals surface area contributed by atoms with E-state index in [4.69, 9.17) is 16.3 Å². The fourth-order valence-corrected chi connectivity index (χ4v) is 4.26. The molecular formula is C26H26ClN5O. The average Bonchev–Trinajstić information content (AvgIpc) is 3.29. The molecule has 7 heteroatoms. The maximum absolute atomic E-state index is 6.39. The van der Waals surface area contributed by atoms with E-state index < -0.39 is 0 Å². The van der Waals surface area contributed by atoms with Crippen LogP contribution in [0.5, 0.6) is 5.88 Å². The molecule has 3 heterocycles. The minimum absolute atomic E-state index is 0.0268. The number of hydrogen-bond donors (Lipinski definition) is 2. The van der Waals surface area contributed by atoms with Gasteiger partial charge in [0.15, 0.2) is 0 Å². The first-order chi connectivity index (χ1) is 16.2. The van der Waals surface area contributed by atoms with Gasteiger partial charge in [-0.3, -0.25) is 4.68 Å². The second kappa shape index (κ2) is 9.65. The van der Waals surface area contributed by atoms with Crippen molar-refractivity contribution in [2.45, 2.75) is 18.6 Å². The summed E-state index contributed by atoms with van der Waals surface area (Å²) in [7, 11) is 1.91. The lowest BCUT2D eigenvalue weighted by molar-refractivity contribution is 0.150. The van der Waals surface area contributed by atoms with E-state index in [2.05, 4.69) is 63.2 Å². The Kier molecular flexibility index (Phi) is 6.28. The number of pyridine rings is 1. The van der Waals surface area contributed by atoms with Crippen LogP contribution < -0.4 is 15.4 Å². The Morgan fingerprint density at radius 1 is 1.12 bits per heavy atom. The summed E-state index contributed by atoms with van der Waals surface area (Å²) in [6, 6.07) is 20.5. The van der Waals surface area contributed by atoms with E-state index in [1.54, 1.807) is 4.68 Å². The first-order valence-electron chi connectivity index (χ1n) is 11.1. The molecule has 0 aliphatic carbocycles. The maximum atomic E-state index is 6.39. The van der Waals surface area contributed by atoms with Gasteiger partial charge in [-0.25, -0.2) is 4.98 Å². The summed E-state index contributed by atoms with van der Waals surface area (Å²) in [4.78, 5) is 4.61. The molecule has 0 unspecified atom stereocenters. The number of fused-ring (bicyclic) bond motifs is 1. The number of aromatic nitrogens is 3.